The Kier molecular flexibility index (Phi) is 6.51. The number of nitrogens with one attached hydrogen (secondary N) is 1. The van der Waals surface area contributed by atoms with Gasteiger partial charge in [-0.2, -0.15) is 0 Å². The van der Waals surface area contributed by atoms with Crippen LogP contribution in [0.1, 0.15) is 67.8 Å². The van der Waals surface area contributed by atoms with E-state index >= 15 is 0 Å². The van der Waals surface area contributed by atoms with Crippen molar-refractivity contribution in [3.8, 4) is 0 Å². The van der Waals surface area contributed by atoms with Crippen LogP contribution in [0.3, 0.4) is 0 Å². The Morgan fingerprint density at radius 2 is 1.70 bits per heavy atom. The summed E-state index contributed by atoms with van der Waals surface area (Å²) in [6, 6.07) is 20.4. The maximum atomic E-state index is 6.79. The quantitative estimate of drug-likeness (QED) is 0.414. The van der Waals surface area contributed by atoms with E-state index in [9.17, 15) is 0 Å². The van der Waals surface area contributed by atoms with Gasteiger partial charge in [0.15, 0.2) is 12.3 Å². The lowest BCUT2D eigenvalue weighted by Crippen LogP contribution is -3.21. The van der Waals surface area contributed by atoms with Crippen molar-refractivity contribution in [3.63, 3.8) is 0 Å². The molecule has 7 aliphatic rings. The van der Waals surface area contributed by atoms with Crippen LogP contribution in [-0.2, 0) is 10.2 Å². The van der Waals surface area contributed by atoms with Gasteiger partial charge in [0.2, 0.25) is 6.17 Å². The van der Waals surface area contributed by atoms with Crippen LogP contribution in [-0.4, -0.2) is 18.4 Å². The molecular formula is C40H43N3O+2. The fraction of sp³-hybridized carbons (Fsp3) is 0.350. The van der Waals surface area contributed by atoms with Gasteiger partial charge in [-0.15, -0.1) is 0 Å². The maximum Gasteiger partial charge on any atom is 0.236 e. The first-order valence-corrected chi connectivity index (χ1v) is 16.9. The number of hydrogen-bond acceptors (Lipinski definition) is 2. The molecule has 4 heteroatoms. The number of fused-ring (bicyclic) bond motifs is 7. The zero-order valence-electron chi connectivity index (χ0n) is 25.4. The standard InChI is InChI=1S/C40H41N3O/c1-3-13-26(14-4-1)37-41-38(27-15-5-2-6-16-27)43-39(42-37)28-23-24-30-29-17-7-8-18-31(29)40(34(30)25-28)32-19-9-11-21-35(32)44-36-22-12-10-20-33(36)40/h1-5,7-8,11-15,17-18,21-24,28,32,35,37-39,41-43H,6,9-10,16,19-20,25H2/p+2. The maximum absolute atomic E-state index is 6.79. The van der Waals surface area contributed by atoms with Crippen molar-refractivity contribution in [2.24, 2.45) is 11.8 Å². The molecule has 7 unspecified atom stereocenters. The molecule has 1 fully saturated rings. The predicted octanol–water partition coefficient (Wildman–Crippen LogP) is 5.59. The molecule has 2 aromatic carbocycles. The van der Waals surface area contributed by atoms with Gasteiger partial charge >= 0.3 is 0 Å². The smallest absolute Gasteiger partial charge is 0.236 e. The van der Waals surface area contributed by atoms with Crippen LogP contribution in [0.5, 0.6) is 0 Å². The molecule has 0 amide bonds. The average molecular weight is 582 g/mol. The van der Waals surface area contributed by atoms with Gasteiger partial charge in [0.25, 0.3) is 0 Å². The van der Waals surface area contributed by atoms with Crippen molar-refractivity contribution in [1.82, 2.24) is 5.32 Å². The van der Waals surface area contributed by atoms with E-state index in [4.69, 9.17) is 4.74 Å². The third-order valence-corrected chi connectivity index (χ3v) is 11.5. The predicted molar refractivity (Wildman–Crippen MR) is 175 cm³/mol. The Labute approximate surface area is 261 Å². The first-order valence-electron chi connectivity index (χ1n) is 16.9. The number of quaternary nitrogens is 2. The molecule has 0 saturated carbocycles. The molecule has 7 atom stereocenters. The zero-order valence-corrected chi connectivity index (χ0v) is 25.4. The summed E-state index contributed by atoms with van der Waals surface area (Å²) >= 11 is 0. The molecule has 0 radical (unpaired) electrons. The van der Waals surface area contributed by atoms with Gasteiger partial charge in [-0.3, -0.25) is 10.6 Å². The molecule has 5 N–H and O–H groups in total. The molecule has 4 nitrogen and oxygen atoms in total. The van der Waals surface area contributed by atoms with Crippen molar-refractivity contribution in [2.75, 3.05) is 0 Å². The van der Waals surface area contributed by atoms with Crippen molar-refractivity contribution in [2.45, 2.75) is 75.0 Å². The van der Waals surface area contributed by atoms with E-state index in [-0.39, 0.29) is 23.9 Å². The fourth-order valence-corrected chi connectivity index (χ4v) is 9.60. The molecule has 222 valence electrons. The monoisotopic (exact) mass is 581 g/mol. The second-order valence-electron chi connectivity index (χ2n) is 13.7. The van der Waals surface area contributed by atoms with Crippen LogP contribution in [0, 0.1) is 11.8 Å². The van der Waals surface area contributed by atoms with E-state index in [1.807, 2.05) is 0 Å². The number of benzene rings is 2. The zero-order chi connectivity index (χ0) is 29.1. The summed E-state index contributed by atoms with van der Waals surface area (Å²) in [4.78, 5) is 0. The van der Waals surface area contributed by atoms with Crippen LogP contribution in [0.15, 0.2) is 132 Å². The van der Waals surface area contributed by atoms with Gasteiger partial charge in [-0.1, -0.05) is 97.1 Å². The van der Waals surface area contributed by atoms with Crippen LogP contribution in [0.25, 0.3) is 5.57 Å². The van der Waals surface area contributed by atoms with Gasteiger partial charge in [-0.05, 0) is 84.9 Å². The summed E-state index contributed by atoms with van der Waals surface area (Å²) in [5.74, 6) is 1.96. The molecule has 0 bridgehead atoms. The minimum Gasteiger partial charge on any atom is -0.486 e. The molecule has 44 heavy (non-hydrogen) atoms. The third-order valence-electron chi connectivity index (χ3n) is 11.5. The first-order chi connectivity index (χ1) is 21.8. The lowest BCUT2D eigenvalue weighted by atomic mass is 9.55. The number of rotatable bonds is 3. The summed E-state index contributed by atoms with van der Waals surface area (Å²) in [6.07, 6.45) is 30.2. The van der Waals surface area contributed by atoms with E-state index < -0.39 is 0 Å². The Morgan fingerprint density at radius 1 is 0.818 bits per heavy atom. The van der Waals surface area contributed by atoms with Crippen molar-refractivity contribution in [3.05, 3.63) is 148 Å². The summed E-state index contributed by atoms with van der Waals surface area (Å²) in [5.41, 5.74) is 10.5. The van der Waals surface area contributed by atoms with E-state index in [0.29, 0.717) is 18.0 Å². The van der Waals surface area contributed by atoms with Crippen LogP contribution in [0.2, 0.25) is 0 Å². The molecular weight excluding hydrogens is 538 g/mol. The topological polar surface area (TPSA) is 54.5 Å². The second-order valence-corrected chi connectivity index (χ2v) is 13.7. The normalized spacial score (nSPS) is 35.1. The average Bonchev–Trinajstić information content (AvgIpc) is 3.39. The fourth-order valence-electron chi connectivity index (χ4n) is 9.60. The summed E-state index contributed by atoms with van der Waals surface area (Å²) in [5, 5.41) is 9.30. The largest absolute Gasteiger partial charge is 0.486 e. The van der Waals surface area contributed by atoms with Gasteiger partial charge < -0.3 is 4.74 Å². The molecule has 2 aromatic rings. The van der Waals surface area contributed by atoms with E-state index in [1.165, 1.54) is 34.3 Å². The van der Waals surface area contributed by atoms with Crippen LogP contribution in [0.4, 0.5) is 0 Å². The SMILES string of the molecule is C1=CCCC(C2[NH2+]C(c3ccccc3)NC(C3C=CC4=C(C3)C3(C5=C(C=CCC5)OC5C=CCCC53)c3ccccc34)[NH2+]2)=C1. The Bertz CT molecular complexity index is 1690. The highest BCUT2D eigenvalue weighted by Crippen LogP contribution is 2.64. The Balaban J connectivity index is 1.13. The number of allylic oxidation sites excluding steroid dienone is 10. The van der Waals surface area contributed by atoms with Crippen LogP contribution < -0.4 is 16.0 Å². The highest BCUT2D eigenvalue weighted by atomic mass is 16.5. The Morgan fingerprint density at radius 3 is 2.61 bits per heavy atom. The molecule has 5 aliphatic carbocycles. The molecule has 2 heterocycles. The summed E-state index contributed by atoms with van der Waals surface area (Å²) < 4.78 is 6.79. The van der Waals surface area contributed by atoms with Gasteiger partial charge in [0.05, 0.1) is 0 Å². The lowest BCUT2D eigenvalue weighted by Gasteiger charge is -2.52. The molecule has 1 saturated heterocycles. The second kappa shape index (κ2) is 10.7. The molecule has 2 aliphatic heterocycles. The van der Waals surface area contributed by atoms with E-state index in [0.717, 1.165) is 44.3 Å². The van der Waals surface area contributed by atoms with Crippen molar-refractivity contribution < 1.29 is 15.4 Å². The Hall–Kier alpha value is -3.70. The van der Waals surface area contributed by atoms with Gasteiger partial charge in [0, 0.05) is 28.4 Å². The molecule has 0 aromatic heterocycles. The van der Waals surface area contributed by atoms with Gasteiger partial charge in [0.1, 0.15) is 11.9 Å². The number of hydrogen-bond donors (Lipinski definition) is 3. The minimum absolute atomic E-state index is 0.0849. The number of ether oxygens (including phenoxy) is 1. The highest BCUT2D eigenvalue weighted by molar-refractivity contribution is 5.89. The number of nitrogens with two attached hydrogens (primary N) is 2. The van der Waals surface area contributed by atoms with E-state index in [1.54, 1.807) is 11.1 Å². The summed E-state index contributed by atoms with van der Waals surface area (Å²) in [6.45, 7) is 0. The van der Waals surface area contributed by atoms with Crippen LogP contribution >= 0.6 is 0 Å². The minimum atomic E-state index is -0.0849. The first kappa shape index (κ1) is 26.7. The summed E-state index contributed by atoms with van der Waals surface area (Å²) in [7, 11) is 0. The van der Waals surface area contributed by atoms with Crippen molar-refractivity contribution >= 4 is 5.57 Å². The molecule has 9 rings (SSSR count). The third kappa shape index (κ3) is 4.08. The van der Waals surface area contributed by atoms with E-state index in [2.05, 4.69) is 125 Å². The highest BCUT2D eigenvalue weighted by Gasteiger charge is 2.58. The van der Waals surface area contributed by atoms with Crippen molar-refractivity contribution in [1.29, 1.82) is 0 Å². The van der Waals surface area contributed by atoms with Gasteiger partial charge in [-0.25, -0.2) is 5.32 Å². The molecule has 1 spiro atoms. The lowest BCUT2D eigenvalue weighted by molar-refractivity contribution is -0.954.